The van der Waals surface area contributed by atoms with Gasteiger partial charge in [0.1, 0.15) is 17.8 Å². The summed E-state index contributed by atoms with van der Waals surface area (Å²) >= 11 is 0. The second-order valence-corrected chi connectivity index (χ2v) is 8.99. The number of quaternary nitrogens is 1. The van der Waals surface area contributed by atoms with Gasteiger partial charge in [-0.3, -0.25) is 9.59 Å². The van der Waals surface area contributed by atoms with Crippen molar-refractivity contribution >= 4 is 11.9 Å². The maximum Gasteiger partial charge on any atom is 0.313 e. The standard InChI is InChI=1S/C23H32NO5/c1-24-12-6-5-10-19(24)16(8-7-13-24)15-28-23(26)18-14-21(25)29-22(18)17-9-3-4-11-20(17)27-2/h3-4,9,11,16,18-19,22H,5-8,10,12-15H2,1-2H3/q+1/t16-,18-,19+,22-,24+/m0/s1. The predicted octanol–water partition coefficient (Wildman–Crippen LogP) is 3.25. The number of methoxy groups -OCH3 is 1. The first-order valence-electron chi connectivity index (χ1n) is 10.8. The molecule has 0 amide bonds. The highest BCUT2D eigenvalue weighted by Crippen LogP contribution is 2.41. The molecule has 0 aliphatic carbocycles. The average molecular weight is 403 g/mol. The van der Waals surface area contributed by atoms with Gasteiger partial charge in [0, 0.05) is 17.9 Å². The number of carbonyl (C=O) groups is 2. The van der Waals surface area contributed by atoms with Crippen LogP contribution < -0.4 is 4.74 Å². The average Bonchev–Trinajstić information content (AvgIpc) is 3.13. The van der Waals surface area contributed by atoms with Crippen molar-refractivity contribution in [3.05, 3.63) is 29.8 Å². The Balaban J connectivity index is 1.44. The van der Waals surface area contributed by atoms with Gasteiger partial charge in [0.25, 0.3) is 0 Å². The molecule has 3 saturated heterocycles. The molecule has 0 radical (unpaired) electrons. The molecular formula is C23H32NO5+. The van der Waals surface area contributed by atoms with Gasteiger partial charge in [-0.15, -0.1) is 0 Å². The Morgan fingerprint density at radius 2 is 1.97 bits per heavy atom. The number of nitrogens with zero attached hydrogens (tertiary/aromatic N) is 1. The van der Waals surface area contributed by atoms with Crippen LogP contribution >= 0.6 is 0 Å². The Morgan fingerprint density at radius 1 is 1.17 bits per heavy atom. The fourth-order valence-electron chi connectivity index (χ4n) is 5.67. The highest BCUT2D eigenvalue weighted by molar-refractivity contribution is 5.84. The maximum absolute atomic E-state index is 13.0. The van der Waals surface area contributed by atoms with E-state index in [9.17, 15) is 9.59 Å². The molecule has 29 heavy (non-hydrogen) atoms. The van der Waals surface area contributed by atoms with Gasteiger partial charge < -0.3 is 18.7 Å². The van der Waals surface area contributed by atoms with E-state index >= 15 is 0 Å². The van der Waals surface area contributed by atoms with Gasteiger partial charge >= 0.3 is 11.9 Å². The summed E-state index contributed by atoms with van der Waals surface area (Å²) in [6.45, 7) is 2.91. The van der Waals surface area contributed by atoms with Crippen LogP contribution in [0.15, 0.2) is 24.3 Å². The lowest BCUT2D eigenvalue weighted by atomic mass is 9.82. The molecule has 3 fully saturated rings. The van der Waals surface area contributed by atoms with E-state index in [1.54, 1.807) is 7.11 Å². The van der Waals surface area contributed by atoms with Crippen LogP contribution in [0.2, 0.25) is 0 Å². The van der Waals surface area contributed by atoms with Crippen LogP contribution in [0.3, 0.4) is 0 Å². The number of cyclic esters (lactones) is 1. The minimum atomic E-state index is -0.645. The van der Waals surface area contributed by atoms with E-state index in [0.717, 1.165) is 16.5 Å². The van der Waals surface area contributed by atoms with Gasteiger partial charge in [-0.2, -0.15) is 0 Å². The van der Waals surface area contributed by atoms with Crippen molar-refractivity contribution in [2.75, 3.05) is 33.9 Å². The lowest BCUT2D eigenvalue weighted by molar-refractivity contribution is -0.947. The SMILES string of the molecule is COc1ccccc1[C@@H]1OC(=O)C[C@@H]1C(=O)OC[C@@H]1CCC[N@@+]2(C)CCCC[C@H]12. The van der Waals surface area contributed by atoms with E-state index < -0.39 is 12.0 Å². The van der Waals surface area contributed by atoms with Gasteiger partial charge in [0.15, 0.2) is 0 Å². The van der Waals surface area contributed by atoms with Gasteiger partial charge in [-0.1, -0.05) is 18.2 Å². The van der Waals surface area contributed by atoms with Crippen molar-refractivity contribution in [3.63, 3.8) is 0 Å². The minimum Gasteiger partial charge on any atom is -0.496 e. The molecule has 0 aromatic heterocycles. The third kappa shape index (κ3) is 4.00. The number of esters is 2. The molecule has 0 bridgehead atoms. The van der Waals surface area contributed by atoms with E-state index in [-0.39, 0.29) is 18.4 Å². The zero-order chi connectivity index (χ0) is 20.4. The van der Waals surface area contributed by atoms with E-state index in [2.05, 4.69) is 7.05 Å². The van der Waals surface area contributed by atoms with Crippen LogP contribution in [0.5, 0.6) is 5.75 Å². The van der Waals surface area contributed by atoms with E-state index in [1.165, 1.54) is 38.8 Å². The summed E-state index contributed by atoms with van der Waals surface area (Å²) in [4.78, 5) is 25.0. The Morgan fingerprint density at radius 3 is 2.79 bits per heavy atom. The number of carbonyl (C=O) groups excluding carboxylic acids is 2. The molecule has 1 aromatic rings. The summed E-state index contributed by atoms with van der Waals surface area (Å²) in [5.41, 5.74) is 0.719. The lowest BCUT2D eigenvalue weighted by Gasteiger charge is -2.51. The zero-order valence-electron chi connectivity index (χ0n) is 17.5. The molecule has 4 rings (SSSR count). The topological polar surface area (TPSA) is 61.8 Å². The summed E-state index contributed by atoms with van der Waals surface area (Å²) in [6.07, 6.45) is 5.49. The minimum absolute atomic E-state index is 0.0589. The molecule has 3 heterocycles. The van der Waals surface area contributed by atoms with E-state index in [1.807, 2.05) is 24.3 Å². The number of piperidine rings is 2. The first-order valence-corrected chi connectivity index (χ1v) is 10.8. The van der Waals surface area contributed by atoms with Crippen molar-refractivity contribution in [2.45, 2.75) is 50.7 Å². The highest BCUT2D eigenvalue weighted by atomic mass is 16.6. The Hall–Kier alpha value is -2.08. The molecule has 6 heteroatoms. The molecular weight excluding hydrogens is 370 g/mol. The van der Waals surface area contributed by atoms with Crippen LogP contribution in [0.4, 0.5) is 0 Å². The second kappa shape index (κ2) is 8.34. The lowest BCUT2D eigenvalue weighted by Crippen LogP contribution is -2.61. The van der Waals surface area contributed by atoms with Crippen molar-refractivity contribution in [1.82, 2.24) is 0 Å². The Bertz CT molecular complexity index is 761. The number of hydrogen-bond acceptors (Lipinski definition) is 5. The fraction of sp³-hybridized carbons (Fsp3) is 0.652. The number of ether oxygens (including phenoxy) is 3. The molecule has 3 aliphatic rings. The molecule has 158 valence electrons. The first-order chi connectivity index (χ1) is 14.0. The van der Waals surface area contributed by atoms with Crippen LogP contribution in [-0.2, 0) is 19.1 Å². The molecule has 1 aromatic carbocycles. The largest absolute Gasteiger partial charge is 0.496 e. The van der Waals surface area contributed by atoms with Crippen molar-refractivity contribution in [3.8, 4) is 5.75 Å². The van der Waals surface area contributed by atoms with Crippen molar-refractivity contribution in [1.29, 1.82) is 0 Å². The zero-order valence-corrected chi connectivity index (χ0v) is 17.5. The molecule has 5 atom stereocenters. The van der Waals surface area contributed by atoms with Gasteiger partial charge in [0.05, 0.1) is 46.3 Å². The number of rotatable bonds is 5. The Kier molecular flexibility index (Phi) is 5.81. The summed E-state index contributed by atoms with van der Waals surface area (Å²) in [6, 6.07) is 7.95. The third-order valence-electron chi connectivity index (χ3n) is 7.21. The van der Waals surface area contributed by atoms with Gasteiger partial charge in [-0.05, 0) is 31.7 Å². The third-order valence-corrected chi connectivity index (χ3v) is 7.21. The summed E-state index contributed by atoms with van der Waals surface area (Å²) in [5.74, 6) is -0.290. The van der Waals surface area contributed by atoms with Crippen molar-refractivity contribution < 1.29 is 28.3 Å². The smallest absolute Gasteiger partial charge is 0.313 e. The van der Waals surface area contributed by atoms with E-state index in [0.29, 0.717) is 24.3 Å². The molecule has 0 spiro atoms. The summed E-state index contributed by atoms with van der Waals surface area (Å²) in [7, 11) is 3.93. The maximum atomic E-state index is 13.0. The normalized spacial score (nSPS) is 34.2. The number of benzene rings is 1. The predicted molar refractivity (Wildman–Crippen MR) is 107 cm³/mol. The molecule has 0 N–H and O–H groups in total. The fourth-order valence-corrected chi connectivity index (χ4v) is 5.67. The van der Waals surface area contributed by atoms with E-state index in [4.69, 9.17) is 14.2 Å². The van der Waals surface area contributed by atoms with Crippen LogP contribution in [0.1, 0.15) is 50.2 Å². The quantitative estimate of drug-likeness (QED) is 0.559. The Labute approximate surface area is 172 Å². The second-order valence-electron chi connectivity index (χ2n) is 8.99. The summed E-state index contributed by atoms with van der Waals surface area (Å²) < 4.78 is 17.8. The van der Waals surface area contributed by atoms with Crippen molar-refractivity contribution in [2.24, 2.45) is 11.8 Å². The van der Waals surface area contributed by atoms with Gasteiger partial charge in [0.2, 0.25) is 0 Å². The molecule has 3 aliphatic heterocycles. The summed E-state index contributed by atoms with van der Waals surface area (Å²) in [5, 5.41) is 0. The monoisotopic (exact) mass is 402 g/mol. The highest BCUT2D eigenvalue weighted by Gasteiger charge is 2.46. The van der Waals surface area contributed by atoms with Gasteiger partial charge in [-0.25, -0.2) is 0 Å². The number of hydrogen-bond donors (Lipinski definition) is 0. The number of para-hydroxylation sites is 1. The van der Waals surface area contributed by atoms with Crippen LogP contribution in [0.25, 0.3) is 0 Å². The van der Waals surface area contributed by atoms with Crippen LogP contribution in [0, 0.1) is 11.8 Å². The first kappa shape index (κ1) is 20.2. The van der Waals surface area contributed by atoms with Crippen LogP contribution in [-0.4, -0.2) is 56.3 Å². The molecule has 6 nitrogen and oxygen atoms in total. The molecule has 0 saturated carbocycles. The molecule has 0 unspecified atom stereocenters. The number of fused-ring (bicyclic) bond motifs is 1.